The average Bonchev–Trinajstić information content (AvgIpc) is 2.72. The number of rotatable bonds is 9. The topological polar surface area (TPSA) is 67.9 Å². The van der Waals surface area contributed by atoms with Crippen molar-refractivity contribution in [3.63, 3.8) is 0 Å². The number of para-hydroxylation sites is 1. The Morgan fingerprint density at radius 2 is 1.67 bits per heavy atom. The molecular formula is C21H26N2O4. The number of esters is 1. The number of carbonyl (C=O) groups excluding carboxylic acids is 2. The van der Waals surface area contributed by atoms with Gasteiger partial charge in [0.2, 0.25) is 0 Å². The molecule has 0 fully saturated rings. The third kappa shape index (κ3) is 5.74. The molecule has 0 unspecified atom stereocenters. The lowest BCUT2D eigenvalue weighted by Crippen LogP contribution is -2.28. The summed E-state index contributed by atoms with van der Waals surface area (Å²) in [4.78, 5) is 26.2. The van der Waals surface area contributed by atoms with Crippen molar-refractivity contribution in [3.05, 3.63) is 59.7 Å². The molecule has 0 saturated heterocycles. The van der Waals surface area contributed by atoms with Crippen LogP contribution in [0, 0.1) is 0 Å². The summed E-state index contributed by atoms with van der Waals surface area (Å²) in [7, 11) is 1.58. The van der Waals surface area contributed by atoms with Crippen LogP contribution < -0.4 is 15.0 Å². The van der Waals surface area contributed by atoms with Gasteiger partial charge < -0.3 is 19.7 Å². The minimum atomic E-state index is -0.520. The molecule has 27 heavy (non-hydrogen) atoms. The molecule has 0 aliphatic rings. The monoisotopic (exact) mass is 370 g/mol. The molecule has 0 aliphatic carbocycles. The number of hydrogen-bond acceptors (Lipinski definition) is 5. The van der Waals surface area contributed by atoms with Crippen LogP contribution in [0.5, 0.6) is 5.75 Å². The highest BCUT2D eigenvalue weighted by atomic mass is 16.5. The van der Waals surface area contributed by atoms with E-state index in [-0.39, 0.29) is 12.5 Å². The Hall–Kier alpha value is -3.02. The van der Waals surface area contributed by atoms with Gasteiger partial charge in [-0.2, -0.15) is 0 Å². The number of amides is 1. The van der Waals surface area contributed by atoms with Crippen LogP contribution in [0.15, 0.2) is 48.5 Å². The predicted molar refractivity (Wildman–Crippen MR) is 105 cm³/mol. The van der Waals surface area contributed by atoms with Gasteiger partial charge in [-0.05, 0) is 44.2 Å². The summed E-state index contributed by atoms with van der Waals surface area (Å²) in [5.41, 5.74) is 2.32. The summed E-state index contributed by atoms with van der Waals surface area (Å²) < 4.78 is 10.3. The van der Waals surface area contributed by atoms with Crippen LogP contribution >= 0.6 is 0 Å². The second kappa shape index (κ2) is 10.2. The molecule has 0 bridgehead atoms. The van der Waals surface area contributed by atoms with Gasteiger partial charge in [-0.1, -0.05) is 18.2 Å². The largest absolute Gasteiger partial charge is 0.496 e. The molecule has 144 valence electrons. The first-order chi connectivity index (χ1) is 13.1. The van der Waals surface area contributed by atoms with Crippen molar-refractivity contribution in [2.75, 3.05) is 31.7 Å². The van der Waals surface area contributed by atoms with Gasteiger partial charge in [-0.25, -0.2) is 4.79 Å². The zero-order chi connectivity index (χ0) is 19.6. The molecule has 0 atom stereocenters. The summed E-state index contributed by atoms with van der Waals surface area (Å²) in [6, 6.07) is 14.6. The number of anilines is 1. The van der Waals surface area contributed by atoms with Crippen LogP contribution in [0.3, 0.4) is 0 Å². The Labute approximate surface area is 160 Å². The second-order valence-electron chi connectivity index (χ2n) is 5.88. The third-order valence-electron chi connectivity index (χ3n) is 4.23. The Morgan fingerprint density at radius 3 is 2.30 bits per heavy atom. The molecule has 0 spiro atoms. The van der Waals surface area contributed by atoms with Gasteiger partial charge in [-0.3, -0.25) is 4.79 Å². The van der Waals surface area contributed by atoms with E-state index >= 15 is 0 Å². The van der Waals surface area contributed by atoms with Gasteiger partial charge in [0, 0.05) is 30.9 Å². The van der Waals surface area contributed by atoms with Crippen molar-refractivity contribution in [3.8, 4) is 5.75 Å². The van der Waals surface area contributed by atoms with Crippen LogP contribution in [0.4, 0.5) is 5.69 Å². The number of hydrogen-bond donors (Lipinski definition) is 1. The quantitative estimate of drug-likeness (QED) is 0.687. The van der Waals surface area contributed by atoms with E-state index in [2.05, 4.69) is 24.1 Å². The zero-order valence-corrected chi connectivity index (χ0v) is 16.0. The summed E-state index contributed by atoms with van der Waals surface area (Å²) >= 11 is 0. The van der Waals surface area contributed by atoms with Crippen molar-refractivity contribution < 1.29 is 19.1 Å². The fourth-order valence-electron chi connectivity index (χ4n) is 2.71. The number of nitrogens with one attached hydrogen (secondary N) is 1. The van der Waals surface area contributed by atoms with Gasteiger partial charge in [0.05, 0.1) is 12.7 Å². The lowest BCUT2D eigenvalue weighted by atomic mass is 10.2. The molecular weight excluding hydrogens is 344 g/mol. The molecule has 0 heterocycles. The van der Waals surface area contributed by atoms with Gasteiger partial charge >= 0.3 is 5.97 Å². The van der Waals surface area contributed by atoms with Crippen LogP contribution in [-0.4, -0.2) is 38.7 Å². The van der Waals surface area contributed by atoms with E-state index < -0.39 is 5.97 Å². The van der Waals surface area contributed by atoms with Crippen molar-refractivity contribution in [2.24, 2.45) is 0 Å². The number of benzene rings is 2. The Bertz CT molecular complexity index is 755. The third-order valence-corrected chi connectivity index (χ3v) is 4.23. The normalized spacial score (nSPS) is 10.2. The molecule has 6 nitrogen and oxygen atoms in total. The van der Waals surface area contributed by atoms with E-state index in [4.69, 9.17) is 9.47 Å². The Balaban J connectivity index is 1.83. The van der Waals surface area contributed by atoms with E-state index in [0.717, 1.165) is 24.3 Å². The van der Waals surface area contributed by atoms with E-state index in [1.54, 1.807) is 19.2 Å². The van der Waals surface area contributed by atoms with Crippen molar-refractivity contribution in [1.29, 1.82) is 0 Å². The lowest BCUT2D eigenvalue weighted by Gasteiger charge is -2.20. The highest BCUT2D eigenvalue weighted by Gasteiger charge is 2.11. The summed E-state index contributed by atoms with van der Waals surface area (Å²) in [6.45, 7) is 5.93. The van der Waals surface area contributed by atoms with E-state index in [1.165, 1.54) is 0 Å². The minimum absolute atomic E-state index is 0.305. The highest BCUT2D eigenvalue weighted by Crippen LogP contribution is 2.17. The zero-order valence-electron chi connectivity index (χ0n) is 16.0. The van der Waals surface area contributed by atoms with Crippen LogP contribution in [0.1, 0.15) is 29.8 Å². The number of carbonyl (C=O) groups is 2. The number of nitrogens with zero attached hydrogens (tertiary/aromatic N) is 1. The summed E-state index contributed by atoms with van der Waals surface area (Å²) in [6.07, 6.45) is 0. The second-order valence-corrected chi connectivity index (χ2v) is 5.88. The van der Waals surface area contributed by atoms with Gasteiger partial charge in [0.1, 0.15) is 5.75 Å². The first-order valence-electron chi connectivity index (χ1n) is 8.99. The first kappa shape index (κ1) is 20.3. The van der Waals surface area contributed by atoms with Crippen LogP contribution in [0.2, 0.25) is 0 Å². The van der Waals surface area contributed by atoms with E-state index in [1.807, 2.05) is 36.4 Å². The molecule has 0 saturated carbocycles. The first-order valence-corrected chi connectivity index (χ1v) is 8.99. The van der Waals surface area contributed by atoms with Gasteiger partial charge in [0.15, 0.2) is 6.61 Å². The smallest absolute Gasteiger partial charge is 0.338 e. The molecule has 1 amide bonds. The highest BCUT2D eigenvalue weighted by molar-refractivity contribution is 5.91. The molecule has 0 aromatic heterocycles. The lowest BCUT2D eigenvalue weighted by molar-refractivity contribution is -0.124. The number of ether oxygens (including phenoxy) is 2. The fourth-order valence-corrected chi connectivity index (χ4v) is 2.71. The molecule has 2 rings (SSSR count). The minimum Gasteiger partial charge on any atom is -0.496 e. The summed E-state index contributed by atoms with van der Waals surface area (Å²) in [5.74, 6) is -0.189. The molecule has 0 aliphatic heterocycles. The van der Waals surface area contributed by atoms with Crippen molar-refractivity contribution in [2.45, 2.75) is 20.4 Å². The van der Waals surface area contributed by atoms with E-state index in [0.29, 0.717) is 17.9 Å². The molecule has 2 aromatic carbocycles. The Morgan fingerprint density at radius 1 is 1.00 bits per heavy atom. The van der Waals surface area contributed by atoms with Crippen molar-refractivity contribution in [1.82, 2.24) is 5.32 Å². The standard InChI is InChI=1S/C21H26N2O4/c1-4-23(5-2)18-12-10-16(11-13-18)21(25)27-15-20(24)22-14-17-8-6-7-9-19(17)26-3/h6-13H,4-5,14-15H2,1-3H3,(H,22,24). The molecule has 0 radical (unpaired) electrons. The maximum Gasteiger partial charge on any atom is 0.338 e. The van der Waals surface area contributed by atoms with Crippen LogP contribution in [-0.2, 0) is 16.1 Å². The molecule has 1 N–H and O–H groups in total. The fraction of sp³-hybridized carbons (Fsp3) is 0.333. The van der Waals surface area contributed by atoms with Gasteiger partial charge in [-0.15, -0.1) is 0 Å². The SMILES string of the molecule is CCN(CC)c1ccc(C(=O)OCC(=O)NCc2ccccc2OC)cc1. The van der Waals surface area contributed by atoms with Crippen LogP contribution in [0.25, 0.3) is 0 Å². The number of methoxy groups -OCH3 is 1. The predicted octanol–water partition coefficient (Wildman–Crippen LogP) is 3.01. The van der Waals surface area contributed by atoms with Crippen molar-refractivity contribution >= 4 is 17.6 Å². The molecule has 2 aromatic rings. The maximum absolute atomic E-state index is 12.1. The maximum atomic E-state index is 12.1. The average molecular weight is 370 g/mol. The molecule has 6 heteroatoms. The summed E-state index contributed by atoms with van der Waals surface area (Å²) in [5, 5.41) is 2.72. The van der Waals surface area contributed by atoms with Gasteiger partial charge in [0.25, 0.3) is 5.91 Å². The Kier molecular flexibility index (Phi) is 7.67. The van der Waals surface area contributed by atoms with E-state index in [9.17, 15) is 9.59 Å².